The fraction of sp³-hybridized carbons (Fsp3) is 0.550. The number of amides is 3. The third-order valence-corrected chi connectivity index (χ3v) is 5.17. The summed E-state index contributed by atoms with van der Waals surface area (Å²) in [5, 5.41) is 2.94. The van der Waals surface area contributed by atoms with Gasteiger partial charge in [0.1, 0.15) is 5.75 Å². The zero-order chi connectivity index (χ0) is 20.1. The quantitative estimate of drug-likeness (QED) is 0.776. The van der Waals surface area contributed by atoms with Crippen LogP contribution in [-0.4, -0.2) is 62.2 Å². The van der Waals surface area contributed by atoms with Gasteiger partial charge in [-0.3, -0.25) is 9.59 Å². The number of carbonyl (C=O) groups is 3. The topological polar surface area (TPSA) is 88.2 Å². The fourth-order valence-corrected chi connectivity index (χ4v) is 3.70. The van der Waals surface area contributed by atoms with Crippen molar-refractivity contribution in [3.63, 3.8) is 0 Å². The predicted octanol–water partition coefficient (Wildman–Crippen LogP) is 1.79. The lowest BCUT2D eigenvalue weighted by atomic mass is 9.98. The van der Waals surface area contributed by atoms with Crippen LogP contribution in [0.2, 0.25) is 0 Å². The van der Waals surface area contributed by atoms with E-state index in [0.717, 1.165) is 24.3 Å². The number of anilines is 1. The maximum absolute atomic E-state index is 12.6. The number of piperidine rings is 1. The van der Waals surface area contributed by atoms with Crippen molar-refractivity contribution in [2.24, 2.45) is 5.92 Å². The van der Waals surface area contributed by atoms with Crippen LogP contribution in [0.25, 0.3) is 0 Å². The highest BCUT2D eigenvalue weighted by atomic mass is 16.5. The molecule has 0 radical (unpaired) electrons. The lowest BCUT2D eigenvalue weighted by Crippen LogP contribution is -2.50. The summed E-state index contributed by atoms with van der Waals surface area (Å²) >= 11 is 0. The van der Waals surface area contributed by atoms with Crippen LogP contribution < -0.4 is 15.0 Å². The molecular weight excluding hydrogens is 362 g/mol. The zero-order valence-electron chi connectivity index (χ0n) is 16.3. The summed E-state index contributed by atoms with van der Waals surface area (Å²) in [6, 6.07) is 6.77. The molecule has 2 atom stereocenters. The van der Waals surface area contributed by atoms with Crippen LogP contribution in [0.1, 0.15) is 26.2 Å². The first-order chi connectivity index (χ1) is 13.5. The molecule has 2 aliphatic rings. The summed E-state index contributed by atoms with van der Waals surface area (Å²) in [5.41, 5.74) is 0.780. The second kappa shape index (κ2) is 8.95. The fourth-order valence-electron chi connectivity index (χ4n) is 3.70. The van der Waals surface area contributed by atoms with E-state index in [1.165, 1.54) is 0 Å². The van der Waals surface area contributed by atoms with Gasteiger partial charge in [0, 0.05) is 31.7 Å². The molecule has 3 rings (SSSR count). The van der Waals surface area contributed by atoms with E-state index in [2.05, 4.69) is 5.32 Å². The molecule has 0 bridgehead atoms. The van der Waals surface area contributed by atoms with E-state index in [1.54, 1.807) is 36.0 Å². The lowest BCUT2D eigenvalue weighted by Gasteiger charge is -2.32. The van der Waals surface area contributed by atoms with E-state index in [1.807, 2.05) is 12.1 Å². The summed E-state index contributed by atoms with van der Waals surface area (Å²) in [4.78, 5) is 40.3. The van der Waals surface area contributed by atoms with Crippen LogP contribution >= 0.6 is 0 Å². The number of urea groups is 1. The predicted molar refractivity (Wildman–Crippen MR) is 103 cm³/mol. The van der Waals surface area contributed by atoms with E-state index in [-0.39, 0.29) is 36.3 Å². The Morgan fingerprint density at radius 3 is 2.64 bits per heavy atom. The highest BCUT2D eigenvalue weighted by Gasteiger charge is 2.34. The van der Waals surface area contributed by atoms with Crippen LogP contribution in [0.3, 0.4) is 0 Å². The molecule has 2 heterocycles. The van der Waals surface area contributed by atoms with Crippen LogP contribution in [0.4, 0.5) is 10.5 Å². The number of nitrogens with zero attached hydrogens (tertiary/aromatic N) is 2. The molecule has 2 aliphatic heterocycles. The molecule has 0 saturated carbocycles. The van der Waals surface area contributed by atoms with Gasteiger partial charge in [0.05, 0.1) is 25.7 Å². The smallest absolute Gasteiger partial charge is 0.317 e. The van der Waals surface area contributed by atoms with Crippen molar-refractivity contribution in [1.29, 1.82) is 0 Å². The van der Waals surface area contributed by atoms with Gasteiger partial charge < -0.3 is 24.6 Å². The minimum absolute atomic E-state index is 0.0292. The Balaban J connectivity index is 1.55. The van der Waals surface area contributed by atoms with E-state index in [4.69, 9.17) is 9.47 Å². The van der Waals surface area contributed by atoms with Gasteiger partial charge in [-0.2, -0.15) is 0 Å². The minimum atomic E-state index is -0.277. The standard InChI is InChI=1S/C20H27N3O5/c1-3-28-19(25)14-5-4-10-22(12-14)20(26)21-15-11-18(24)23(13-15)16-6-8-17(27-2)9-7-16/h6-9,14-15H,3-5,10-13H2,1-2H3,(H,21,26)/t14-,15-/m1/s1. The van der Waals surface area contributed by atoms with Crippen LogP contribution in [0, 0.1) is 5.92 Å². The largest absolute Gasteiger partial charge is 0.497 e. The Labute approximate surface area is 164 Å². The first kappa shape index (κ1) is 20.0. The molecule has 0 aromatic heterocycles. The van der Waals surface area contributed by atoms with Crippen LogP contribution in [-0.2, 0) is 14.3 Å². The van der Waals surface area contributed by atoms with Crippen molar-refractivity contribution in [2.75, 3.05) is 38.3 Å². The van der Waals surface area contributed by atoms with Gasteiger partial charge in [-0.1, -0.05) is 0 Å². The molecule has 28 heavy (non-hydrogen) atoms. The molecule has 1 aromatic carbocycles. The Morgan fingerprint density at radius 1 is 1.21 bits per heavy atom. The number of nitrogens with one attached hydrogen (secondary N) is 1. The van der Waals surface area contributed by atoms with Gasteiger partial charge in [-0.05, 0) is 44.0 Å². The average Bonchev–Trinajstić information content (AvgIpc) is 3.08. The number of hydrogen-bond acceptors (Lipinski definition) is 5. The highest BCUT2D eigenvalue weighted by Crippen LogP contribution is 2.24. The third kappa shape index (κ3) is 4.55. The molecular formula is C20H27N3O5. The maximum atomic E-state index is 12.6. The summed E-state index contributed by atoms with van der Waals surface area (Å²) in [7, 11) is 1.59. The first-order valence-corrected chi connectivity index (χ1v) is 9.68. The number of carbonyl (C=O) groups excluding carboxylic acids is 3. The van der Waals surface area contributed by atoms with E-state index >= 15 is 0 Å². The van der Waals surface area contributed by atoms with E-state index < -0.39 is 0 Å². The van der Waals surface area contributed by atoms with Crippen LogP contribution in [0.5, 0.6) is 5.75 Å². The summed E-state index contributed by atoms with van der Waals surface area (Å²) in [6.45, 7) is 3.49. The average molecular weight is 389 g/mol. The third-order valence-electron chi connectivity index (χ3n) is 5.17. The van der Waals surface area contributed by atoms with Gasteiger partial charge in [0.15, 0.2) is 0 Å². The number of benzene rings is 1. The van der Waals surface area contributed by atoms with Crippen molar-refractivity contribution in [3.05, 3.63) is 24.3 Å². The maximum Gasteiger partial charge on any atom is 0.317 e. The summed E-state index contributed by atoms with van der Waals surface area (Å²) < 4.78 is 10.2. The minimum Gasteiger partial charge on any atom is -0.497 e. The second-order valence-corrected chi connectivity index (χ2v) is 7.09. The summed E-state index contributed by atoms with van der Waals surface area (Å²) in [5.74, 6) is 0.169. The van der Waals surface area contributed by atoms with E-state index in [9.17, 15) is 14.4 Å². The number of hydrogen-bond donors (Lipinski definition) is 1. The van der Waals surface area contributed by atoms with Gasteiger partial charge in [-0.25, -0.2) is 4.79 Å². The molecule has 8 heteroatoms. The van der Waals surface area contributed by atoms with Gasteiger partial charge in [-0.15, -0.1) is 0 Å². The molecule has 0 spiro atoms. The van der Waals surface area contributed by atoms with Crippen molar-refractivity contribution < 1.29 is 23.9 Å². The lowest BCUT2D eigenvalue weighted by molar-refractivity contribution is -0.149. The first-order valence-electron chi connectivity index (χ1n) is 9.68. The molecule has 2 fully saturated rings. The van der Waals surface area contributed by atoms with Gasteiger partial charge >= 0.3 is 12.0 Å². The number of likely N-dealkylation sites (tertiary alicyclic amines) is 1. The Hall–Kier alpha value is -2.77. The molecule has 2 saturated heterocycles. The van der Waals surface area contributed by atoms with Crippen molar-refractivity contribution in [1.82, 2.24) is 10.2 Å². The normalized spacial score (nSPS) is 22.1. The number of methoxy groups -OCH3 is 1. The van der Waals surface area contributed by atoms with Crippen molar-refractivity contribution in [2.45, 2.75) is 32.2 Å². The van der Waals surface area contributed by atoms with Crippen LogP contribution in [0.15, 0.2) is 24.3 Å². The molecule has 0 unspecified atom stereocenters. The number of esters is 1. The molecule has 1 aromatic rings. The molecule has 3 amide bonds. The Bertz CT molecular complexity index is 721. The molecule has 0 aliphatic carbocycles. The second-order valence-electron chi connectivity index (χ2n) is 7.09. The van der Waals surface area contributed by atoms with Gasteiger partial charge in [0.25, 0.3) is 0 Å². The van der Waals surface area contributed by atoms with Crippen molar-refractivity contribution >= 4 is 23.6 Å². The van der Waals surface area contributed by atoms with Gasteiger partial charge in [0.2, 0.25) is 5.91 Å². The molecule has 8 nitrogen and oxygen atoms in total. The zero-order valence-corrected chi connectivity index (χ0v) is 16.3. The molecule has 152 valence electrons. The number of ether oxygens (including phenoxy) is 2. The highest BCUT2D eigenvalue weighted by molar-refractivity contribution is 5.96. The van der Waals surface area contributed by atoms with E-state index in [0.29, 0.717) is 26.2 Å². The number of rotatable bonds is 5. The monoisotopic (exact) mass is 389 g/mol. The molecule has 1 N–H and O–H groups in total. The summed E-state index contributed by atoms with van der Waals surface area (Å²) in [6.07, 6.45) is 1.75. The Kier molecular flexibility index (Phi) is 6.38. The van der Waals surface area contributed by atoms with Crippen molar-refractivity contribution in [3.8, 4) is 5.75 Å². The SMILES string of the molecule is CCOC(=O)[C@@H]1CCCN(C(=O)N[C@@H]2CC(=O)N(c3ccc(OC)cc3)C2)C1. The Morgan fingerprint density at radius 2 is 1.96 bits per heavy atom.